The first-order valence-electron chi connectivity index (χ1n) is 2.32. The predicted molar refractivity (Wildman–Crippen MR) is 37.6 cm³/mol. The summed E-state index contributed by atoms with van der Waals surface area (Å²) >= 11 is 3.73. The zero-order valence-electron chi connectivity index (χ0n) is 5.01. The van der Waals surface area contributed by atoms with Crippen LogP contribution in [0.15, 0.2) is 4.99 Å². The Bertz CT molecular complexity index is 116. The average Bonchev–Trinajstić information content (AvgIpc) is 1.65. The fraction of sp³-hybridized carbons (Fsp3) is 0.600. The summed E-state index contributed by atoms with van der Waals surface area (Å²) in [5, 5.41) is 0. The van der Waals surface area contributed by atoms with Gasteiger partial charge in [0.05, 0.1) is 5.75 Å². The second-order valence-corrected chi connectivity index (χ2v) is 1.93. The van der Waals surface area contributed by atoms with Gasteiger partial charge in [-0.25, -0.2) is 4.99 Å². The van der Waals surface area contributed by atoms with Crippen molar-refractivity contribution in [1.82, 2.24) is 0 Å². The van der Waals surface area contributed by atoms with Crippen molar-refractivity contribution in [3.63, 3.8) is 0 Å². The average molecular weight is 131 g/mol. The Morgan fingerprint density at radius 2 is 2.12 bits per heavy atom. The quantitative estimate of drug-likeness (QED) is 0.416. The Labute approximate surface area is 54.4 Å². The second-order valence-electron chi connectivity index (χ2n) is 1.61. The molecule has 0 heterocycles. The van der Waals surface area contributed by atoms with Gasteiger partial charge in [0.1, 0.15) is 0 Å². The molecule has 0 saturated carbocycles. The minimum absolute atomic E-state index is 0.173. The number of rotatable bonds is 1. The predicted octanol–water partition coefficient (Wildman–Crippen LogP) is 0.924. The van der Waals surface area contributed by atoms with Crippen LogP contribution in [0.3, 0.4) is 0 Å². The number of carbonyl (C=O) groups is 1. The molecule has 0 aliphatic carbocycles. The summed E-state index contributed by atoms with van der Waals surface area (Å²) in [5.41, 5.74) is 0.782. The molecule has 0 aliphatic rings. The molecule has 0 aromatic heterocycles. The van der Waals surface area contributed by atoms with E-state index in [0.717, 1.165) is 5.71 Å². The minimum Gasteiger partial charge on any atom is -0.272 e. The van der Waals surface area contributed by atoms with Crippen LogP contribution in [-0.4, -0.2) is 17.4 Å². The van der Waals surface area contributed by atoms with E-state index in [1.807, 2.05) is 0 Å². The van der Waals surface area contributed by atoms with Gasteiger partial charge in [0.15, 0.2) is 0 Å². The molecule has 0 spiro atoms. The van der Waals surface area contributed by atoms with E-state index in [9.17, 15) is 4.79 Å². The topological polar surface area (TPSA) is 29.4 Å². The van der Waals surface area contributed by atoms with Gasteiger partial charge in [0.2, 0.25) is 0 Å². The number of thiol groups is 1. The Morgan fingerprint density at radius 3 is 2.25 bits per heavy atom. The van der Waals surface area contributed by atoms with Gasteiger partial charge in [0.25, 0.3) is 5.91 Å². The molecule has 3 heteroatoms. The number of amides is 1. The molecule has 0 fully saturated rings. The molecule has 0 saturated heterocycles. The molecule has 0 atom stereocenters. The molecule has 0 bridgehead atoms. The first-order valence-corrected chi connectivity index (χ1v) is 2.95. The maximum atomic E-state index is 10.4. The molecule has 0 aromatic rings. The Hall–Kier alpha value is -0.310. The number of carbonyl (C=O) groups excluding carboxylic acids is 1. The molecule has 0 aromatic carbocycles. The summed E-state index contributed by atoms with van der Waals surface area (Å²) in [5.74, 6) is 0.0267. The summed E-state index contributed by atoms with van der Waals surface area (Å²) < 4.78 is 0. The lowest BCUT2D eigenvalue weighted by atomic mass is 10.5. The maximum Gasteiger partial charge on any atom is 0.255 e. The smallest absolute Gasteiger partial charge is 0.255 e. The number of aliphatic imine (C=N–C) groups is 1. The lowest BCUT2D eigenvalue weighted by molar-refractivity contribution is -0.115. The highest BCUT2D eigenvalue weighted by Crippen LogP contribution is 1.81. The normalized spacial score (nSPS) is 8.38. The molecule has 0 radical (unpaired) electrons. The third-order valence-corrected chi connectivity index (χ3v) is 0.754. The summed E-state index contributed by atoms with van der Waals surface area (Å²) in [6.07, 6.45) is 0. The van der Waals surface area contributed by atoms with Crippen LogP contribution in [0.2, 0.25) is 0 Å². The lowest BCUT2D eigenvalue weighted by Gasteiger charge is -1.85. The highest BCUT2D eigenvalue weighted by molar-refractivity contribution is 7.81. The van der Waals surface area contributed by atoms with Crippen LogP contribution < -0.4 is 0 Å². The van der Waals surface area contributed by atoms with E-state index in [1.165, 1.54) is 0 Å². The number of hydrogen-bond acceptors (Lipinski definition) is 2. The number of hydrogen-bond donors (Lipinski definition) is 1. The highest BCUT2D eigenvalue weighted by atomic mass is 32.1. The van der Waals surface area contributed by atoms with Crippen LogP contribution in [0.4, 0.5) is 0 Å². The van der Waals surface area contributed by atoms with Crippen molar-refractivity contribution in [3.05, 3.63) is 0 Å². The van der Waals surface area contributed by atoms with Crippen molar-refractivity contribution in [3.8, 4) is 0 Å². The molecule has 0 unspecified atom stereocenters. The van der Waals surface area contributed by atoms with Gasteiger partial charge in [-0.2, -0.15) is 12.6 Å². The van der Waals surface area contributed by atoms with Crippen molar-refractivity contribution in [2.24, 2.45) is 4.99 Å². The third kappa shape index (κ3) is 3.87. The van der Waals surface area contributed by atoms with Crippen LogP contribution in [0.5, 0.6) is 0 Å². The third-order valence-electron chi connectivity index (χ3n) is 0.484. The maximum absolute atomic E-state index is 10.4. The first-order chi connectivity index (χ1) is 3.66. The van der Waals surface area contributed by atoms with Crippen molar-refractivity contribution < 1.29 is 4.79 Å². The van der Waals surface area contributed by atoms with Crippen LogP contribution in [0, 0.1) is 0 Å². The van der Waals surface area contributed by atoms with Gasteiger partial charge in [-0.1, -0.05) is 0 Å². The van der Waals surface area contributed by atoms with Gasteiger partial charge < -0.3 is 0 Å². The van der Waals surface area contributed by atoms with Crippen LogP contribution in [0.1, 0.15) is 13.8 Å². The van der Waals surface area contributed by atoms with Gasteiger partial charge in [-0.3, -0.25) is 4.79 Å². The monoisotopic (exact) mass is 131 g/mol. The molecule has 8 heavy (non-hydrogen) atoms. The molecule has 1 amide bonds. The first kappa shape index (κ1) is 7.69. The Kier molecular flexibility index (Phi) is 3.52. The van der Waals surface area contributed by atoms with Gasteiger partial charge in [-0.15, -0.1) is 0 Å². The van der Waals surface area contributed by atoms with E-state index in [0.29, 0.717) is 0 Å². The molecule has 46 valence electrons. The Morgan fingerprint density at radius 1 is 1.62 bits per heavy atom. The van der Waals surface area contributed by atoms with E-state index < -0.39 is 0 Å². The standard InChI is InChI=1S/C5H9NOS/c1-4(2)6-5(7)3-8/h8H,3H2,1-2H3. The number of nitrogens with zero attached hydrogens (tertiary/aromatic N) is 1. The second kappa shape index (κ2) is 3.66. The van der Waals surface area contributed by atoms with E-state index >= 15 is 0 Å². The molecular formula is C5H9NOS. The van der Waals surface area contributed by atoms with Crippen molar-refractivity contribution in [2.75, 3.05) is 5.75 Å². The summed E-state index contributed by atoms with van der Waals surface area (Å²) in [4.78, 5) is 14.0. The van der Waals surface area contributed by atoms with E-state index in [4.69, 9.17) is 0 Å². The molecule has 0 N–H and O–H groups in total. The molecule has 2 nitrogen and oxygen atoms in total. The zero-order chi connectivity index (χ0) is 6.57. The van der Waals surface area contributed by atoms with Gasteiger partial charge in [0, 0.05) is 5.71 Å². The molecular weight excluding hydrogens is 122 g/mol. The van der Waals surface area contributed by atoms with Crippen LogP contribution >= 0.6 is 12.6 Å². The van der Waals surface area contributed by atoms with E-state index in [-0.39, 0.29) is 11.7 Å². The zero-order valence-corrected chi connectivity index (χ0v) is 5.90. The Balaban J connectivity index is 3.70. The van der Waals surface area contributed by atoms with E-state index in [1.54, 1.807) is 13.8 Å². The van der Waals surface area contributed by atoms with E-state index in [2.05, 4.69) is 17.6 Å². The molecule has 0 rings (SSSR count). The highest BCUT2D eigenvalue weighted by Gasteiger charge is 1.90. The SMILES string of the molecule is CC(C)=NC(=O)CS. The molecule has 0 aliphatic heterocycles. The summed E-state index contributed by atoms with van der Waals surface area (Å²) in [6.45, 7) is 3.56. The fourth-order valence-electron chi connectivity index (χ4n) is 0.285. The van der Waals surface area contributed by atoms with Crippen molar-refractivity contribution in [1.29, 1.82) is 0 Å². The van der Waals surface area contributed by atoms with Gasteiger partial charge >= 0.3 is 0 Å². The summed E-state index contributed by atoms with van der Waals surface area (Å²) in [7, 11) is 0. The summed E-state index contributed by atoms with van der Waals surface area (Å²) in [6, 6.07) is 0. The van der Waals surface area contributed by atoms with Crippen LogP contribution in [0.25, 0.3) is 0 Å². The van der Waals surface area contributed by atoms with Crippen molar-refractivity contribution >= 4 is 24.2 Å². The van der Waals surface area contributed by atoms with Crippen LogP contribution in [-0.2, 0) is 4.79 Å². The largest absolute Gasteiger partial charge is 0.272 e. The minimum atomic E-state index is -0.173. The lowest BCUT2D eigenvalue weighted by Crippen LogP contribution is -1.96. The van der Waals surface area contributed by atoms with Gasteiger partial charge in [-0.05, 0) is 13.8 Å². The fourth-order valence-corrected chi connectivity index (χ4v) is 0.355. The van der Waals surface area contributed by atoms with Crippen molar-refractivity contribution in [2.45, 2.75) is 13.8 Å².